The SMILES string of the molecule is Cc1cccc(NC(=O)CN2C(=O)S/C(=C\c3c4ccccc4cc4ccccc34)C2=O)c1. The summed E-state index contributed by atoms with van der Waals surface area (Å²) in [4.78, 5) is 39.5. The Morgan fingerprint density at radius 2 is 1.58 bits per heavy atom. The standard InChI is InChI=1S/C27H20N2O3S/c1-17-7-6-10-20(13-17)28-25(30)16-29-26(31)24(33-27(29)32)15-23-21-11-4-2-8-18(21)14-19-9-3-5-12-22(19)23/h2-15H,16H2,1H3,(H,28,30)/b24-15-. The molecule has 5 rings (SSSR count). The Labute approximate surface area is 195 Å². The Morgan fingerprint density at radius 3 is 2.24 bits per heavy atom. The molecule has 0 atom stereocenters. The molecule has 5 nitrogen and oxygen atoms in total. The number of hydrogen-bond acceptors (Lipinski definition) is 4. The molecule has 0 spiro atoms. The molecule has 6 heteroatoms. The van der Waals surface area contributed by atoms with Gasteiger partial charge in [-0.05, 0) is 75.6 Å². The fraction of sp³-hybridized carbons (Fsp3) is 0.0741. The lowest BCUT2D eigenvalue weighted by Crippen LogP contribution is -2.36. The summed E-state index contributed by atoms with van der Waals surface area (Å²) in [7, 11) is 0. The number of benzene rings is 4. The number of hydrogen-bond donors (Lipinski definition) is 1. The zero-order valence-corrected chi connectivity index (χ0v) is 18.7. The van der Waals surface area contributed by atoms with Crippen molar-refractivity contribution in [3.8, 4) is 0 Å². The highest BCUT2D eigenvalue weighted by molar-refractivity contribution is 8.18. The highest BCUT2D eigenvalue weighted by atomic mass is 32.2. The second kappa shape index (κ2) is 8.56. The summed E-state index contributed by atoms with van der Waals surface area (Å²) >= 11 is 0.863. The van der Waals surface area contributed by atoms with Crippen molar-refractivity contribution < 1.29 is 14.4 Å². The molecule has 3 amide bonds. The molecule has 0 unspecified atom stereocenters. The fourth-order valence-corrected chi connectivity index (χ4v) is 4.86. The van der Waals surface area contributed by atoms with Gasteiger partial charge < -0.3 is 5.32 Å². The molecule has 1 saturated heterocycles. The predicted octanol–water partition coefficient (Wildman–Crippen LogP) is 5.98. The van der Waals surface area contributed by atoms with Gasteiger partial charge in [0.1, 0.15) is 6.54 Å². The molecular weight excluding hydrogens is 432 g/mol. The van der Waals surface area contributed by atoms with E-state index < -0.39 is 17.1 Å². The first kappa shape index (κ1) is 21.0. The molecule has 1 heterocycles. The average Bonchev–Trinajstić information content (AvgIpc) is 3.06. The molecule has 0 aliphatic carbocycles. The quantitative estimate of drug-likeness (QED) is 0.306. The van der Waals surface area contributed by atoms with Crippen LogP contribution >= 0.6 is 11.8 Å². The number of thioether (sulfide) groups is 1. The number of nitrogens with one attached hydrogen (secondary N) is 1. The summed E-state index contributed by atoms with van der Waals surface area (Å²) < 4.78 is 0. The predicted molar refractivity (Wildman–Crippen MR) is 134 cm³/mol. The van der Waals surface area contributed by atoms with E-state index in [0.29, 0.717) is 10.6 Å². The molecule has 1 fully saturated rings. The first-order valence-electron chi connectivity index (χ1n) is 10.5. The Kier molecular flexibility index (Phi) is 5.44. The van der Waals surface area contributed by atoms with Crippen LogP contribution in [0.2, 0.25) is 0 Å². The number of amides is 3. The van der Waals surface area contributed by atoms with Crippen molar-refractivity contribution in [3.63, 3.8) is 0 Å². The van der Waals surface area contributed by atoms with E-state index in [1.54, 1.807) is 12.1 Å². The van der Waals surface area contributed by atoms with Crippen molar-refractivity contribution in [1.82, 2.24) is 4.90 Å². The molecule has 162 valence electrons. The van der Waals surface area contributed by atoms with Crippen molar-refractivity contribution in [2.24, 2.45) is 0 Å². The van der Waals surface area contributed by atoms with E-state index >= 15 is 0 Å². The van der Waals surface area contributed by atoms with Crippen molar-refractivity contribution in [2.45, 2.75) is 6.92 Å². The topological polar surface area (TPSA) is 66.5 Å². The first-order valence-corrected chi connectivity index (χ1v) is 11.3. The van der Waals surface area contributed by atoms with E-state index in [-0.39, 0.29) is 6.54 Å². The first-order chi connectivity index (χ1) is 16.0. The highest BCUT2D eigenvalue weighted by Gasteiger charge is 2.36. The van der Waals surface area contributed by atoms with E-state index in [4.69, 9.17) is 0 Å². The van der Waals surface area contributed by atoms with Gasteiger partial charge in [0.05, 0.1) is 4.91 Å². The van der Waals surface area contributed by atoms with Gasteiger partial charge in [-0.25, -0.2) is 0 Å². The Hall–Kier alpha value is -3.90. The lowest BCUT2D eigenvalue weighted by molar-refractivity contribution is -0.127. The third-order valence-electron chi connectivity index (χ3n) is 5.57. The van der Waals surface area contributed by atoms with Gasteiger partial charge in [0.15, 0.2) is 0 Å². The molecule has 1 aliphatic heterocycles. The lowest BCUT2D eigenvalue weighted by Gasteiger charge is -2.13. The van der Waals surface area contributed by atoms with Gasteiger partial charge in [-0.3, -0.25) is 19.3 Å². The number of carbonyl (C=O) groups excluding carboxylic acids is 3. The minimum absolute atomic E-state index is 0.310. The van der Waals surface area contributed by atoms with Gasteiger partial charge >= 0.3 is 0 Å². The van der Waals surface area contributed by atoms with Gasteiger partial charge in [0.2, 0.25) is 5.91 Å². The van der Waals surface area contributed by atoms with Gasteiger partial charge in [0, 0.05) is 5.69 Å². The van der Waals surface area contributed by atoms with Crippen LogP contribution in [0.15, 0.2) is 83.8 Å². The summed E-state index contributed by atoms with van der Waals surface area (Å²) in [5.41, 5.74) is 2.52. The van der Waals surface area contributed by atoms with Crippen LogP contribution in [0.25, 0.3) is 27.6 Å². The Morgan fingerprint density at radius 1 is 0.909 bits per heavy atom. The highest BCUT2D eigenvalue weighted by Crippen LogP contribution is 2.36. The summed E-state index contributed by atoms with van der Waals surface area (Å²) in [5, 5.41) is 6.41. The van der Waals surface area contributed by atoms with Crippen LogP contribution in [0.5, 0.6) is 0 Å². The molecule has 1 aliphatic rings. The van der Waals surface area contributed by atoms with Crippen LogP contribution in [0.1, 0.15) is 11.1 Å². The third-order valence-corrected chi connectivity index (χ3v) is 6.47. The van der Waals surface area contributed by atoms with Crippen LogP contribution < -0.4 is 5.32 Å². The zero-order valence-electron chi connectivity index (χ0n) is 17.9. The maximum absolute atomic E-state index is 13.1. The molecule has 0 saturated carbocycles. The van der Waals surface area contributed by atoms with Crippen LogP contribution in [0, 0.1) is 6.92 Å². The minimum Gasteiger partial charge on any atom is -0.325 e. The molecule has 0 aromatic heterocycles. The molecule has 33 heavy (non-hydrogen) atoms. The molecule has 0 bridgehead atoms. The van der Waals surface area contributed by atoms with Crippen molar-refractivity contribution in [2.75, 3.05) is 11.9 Å². The number of imide groups is 1. The van der Waals surface area contributed by atoms with E-state index in [9.17, 15) is 14.4 Å². The van der Waals surface area contributed by atoms with Gasteiger partial charge in [-0.2, -0.15) is 0 Å². The maximum Gasteiger partial charge on any atom is 0.294 e. The largest absolute Gasteiger partial charge is 0.325 e. The Balaban J connectivity index is 1.46. The molecule has 4 aromatic rings. The van der Waals surface area contributed by atoms with Crippen LogP contribution in [-0.2, 0) is 9.59 Å². The smallest absolute Gasteiger partial charge is 0.294 e. The van der Waals surface area contributed by atoms with Crippen molar-refractivity contribution in [1.29, 1.82) is 0 Å². The summed E-state index contributed by atoms with van der Waals surface area (Å²) in [6.45, 7) is 1.60. The lowest BCUT2D eigenvalue weighted by atomic mass is 9.96. The zero-order chi connectivity index (χ0) is 22.9. The number of fused-ring (bicyclic) bond motifs is 2. The molecule has 4 aromatic carbocycles. The fourth-order valence-electron chi connectivity index (χ4n) is 4.04. The Bertz CT molecular complexity index is 1420. The summed E-state index contributed by atoms with van der Waals surface area (Å²) in [5.74, 6) is -0.874. The number of anilines is 1. The van der Waals surface area contributed by atoms with E-state index in [0.717, 1.165) is 49.3 Å². The second-order valence-electron chi connectivity index (χ2n) is 7.92. The summed E-state index contributed by atoms with van der Waals surface area (Å²) in [6, 6.07) is 25.4. The third kappa shape index (κ3) is 4.13. The van der Waals surface area contributed by atoms with E-state index in [1.807, 2.05) is 73.7 Å². The van der Waals surface area contributed by atoms with E-state index in [1.165, 1.54) is 0 Å². The average molecular weight is 453 g/mol. The summed E-state index contributed by atoms with van der Waals surface area (Å²) in [6.07, 6.45) is 1.77. The number of aryl methyl sites for hydroxylation is 1. The van der Waals surface area contributed by atoms with Crippen molar-refractivity contribution >= 4 is 62.1 Å². The molecule has 0 radical (unpaired) electrons. The second-order valence-corrected chi connectivity index (χ2v) is 8.91. The van der Waals surface area contributed by atoms with Gasteiger partial charge in [0.25, 0.3) is 11.1 Å². The van der Waals surface area contributed by atoms with Crippen LogP contribution in [0.4, 0.5) is 10.5 Å². The van der Waals surface area contributed by atoms with Crippen LogP contribution in [-0.4, -0.2) is 28.5 Å². The normalized spacial score (nSPS) is 15.1. The number of carbonyl (C=O) groups is 3. The number of rotatable bonds is 4. The van der Waals surface area contributed by atoms with E-state index in [2.05, 4.69) is 11.4 Å². The molecular formula is C27H20N2O3S. The number of nitrogens with zero attached hydrogens (tertiary/aromatic N) is 1. The maximum atomic E-state index is 13.1. The van der Waals surface area contributed by atoms with Crippen molar-refractivity contribution in [3.05, 3.63) is 94.9 Å². The monoisotopic (exact) mass is 452 g/mol. The molecule has 1 N–H and O–H groups in total. The van der Waals surface area contributed by atoms with Gasteiger partial charge in [-0.1, -0.05) is 60.7 Å². The van der Waals surface area contributed by atoms with Crippen LogP contribution in [0.3, 0.4) is 0 Å². The minimum atomic E-state index is -0.457. The van der Waals surface area contributed by atoms with Gasteiger partial charge in [-0.15, -0.1) is 0 Å².